The third-order valence-corrected chi connectivity index (χ3v) is 8.35. The van der Waals surface area contributed by atoms with Gasteiger partial charge in [-0.3, -0.25) is 9.59 Å². The maximum atomic E-state index is 13.6. The molecule has 3 atom stereocenters. The van der Waals surface area contributed by atoms with Crippen LogP contribution in [0.3, 0.4) is 0 Å². The molecule has 2 aromatic rings. The lowest BCUT2D eigenvalue weighted by Gasteiger charge is -2.22. The van der Waals surface area contributed by atoms with Crippen molar-refractivity contribution >= 4 is 29.0 Å². The summed E-state index contributed by atoms with van der Waals surface area (Å²) < 4.78 is 39.6. The zero-order valence-electron chi connectivity index (χ0n) is 19.9. The van der Waals surface area contributed by atoms with Crippen LogP contribution in [0.15, 0.2) is 12.3 Å². The van der Waals surface area contributed by atoms with Gasteiger partial charge in [0.15, 0.2) is 5.01 Å². The van der Waals surface area contributed by atoms with Crippen molar-refractivity contribution < 1.29 is 27.9 Å². The first-order chi connectivity index (χ1) is 17.1. The molecule has 194 valence electrons. The van der Waals surface area contributed by atoms with Crippen LogP contribution in [0.5, 0.6) is 0 Å². The molecule has 2 aliphatic heterocycles. The molecule has 36 heavy (non-hydrogen) atoms. The molecular weight excluding hydrogens is 495 g/mol. The maximum Gasteiger partial charge on any atom is 0.408 e. The number of nitrogens with one attached hydrogen (secondary N) is 2. The number of amides is 2. The summed E-state index contributed by atoms with van der Waals surface area (Å²) in [5.74, 6) is -0.622. The summed E-state index contributed by atoms with van der Waals surface area (Å²) in [5, 5.41) is 14.8. The Morgan fingerprint density at radius 1 is 1.25 bits per heavy atom. The second-order valence-corrected chi connectivity index (χ2v) is 10.8. The van der Waals surface area contributed by atoms with Gasteiger partial charge in [-0.15, -0.1) is 11.3 Å². The monoisotopic (exact) mass is 523 g/mol. The Kier molecular flexibility index (Phi) is 6.44. The van der Waals surface area contributed by atoms with Crippen LogP contribution in [0.1, 0.15) is 71.3 Å². The first kappa shape index (κ1) is 24.9. The molecule has 3 aliphatic rings. The number of carbonyl (C=O) groups excluding carboxylic acids is 2. The van der Waals surface area contributed by atoms with E-state index in [0.717, 1.165) is 37.0 Å². The third-order valence-electron chi connectivity index (χ3n) is 7.27. The number of halogens is 3. The number of aliphatic hydroxyl groups is 1. The van der Waals surface area contributed by atoms with Crippen molar-refractivity contribution in [3.63, 3.8) is 0 Å². The van der Waals surface area contributed by atoms with Crippen LogP contribution in [-0.4, -0.2) is 68.2 Å². The van der Waals surface area contributed by atoms with Gasteiger partial charge in [-0.05, 0) is 57.1 Å². The highest BCUT2D eigenvalue weighted by Gasteiger charge is 2.44. The van der Waals surface area contributed by atoms with Crippen LogP contribution >= 0.6 is 11.3 Å². The lowest BCUT2D eigenvalue weighted by atomic mass is 10.0. The normalized spacial score (nSPS) is 25.7. The van der Waals surface area contributed by atoms with Crippen molar-refractivity contribution in [2.45, 2.75) is 88.8 Å². The highest BCUT2D eigenvalue weighted by molar-refractivity contribution is 7.17. The number of nitrogens with zero attached hydrogens (tertiary/aromatic N) is 3. The van der Waals surface area contributed by atoms with E-state index in [4.69, 9.17) is 0 Å². The van der Waals surface area contributed by atoms with Gasteiger partial charge in [-0.25, -0.2) is 9.97 Å². The van der Waals surface area contributed by atoms with Crippen LogP contribution in [0.2, 0.25) is 0 Å². The van der Waals surface area contributed by atoms with E-state index in [1.807, 2.05) is 4.90 Å². The number of alkyl halides is 3. The molecule has 1 aliphatic carbocycles. The number of aromatic nitrogens is 2. The van der Waals surface area contributed by atoms with E-state index in [1.165, 1.54) is 19.2 Å². The number of anilines is 1. The zero-order chi connectivity index (χ0) is 25.8. The zero-order valence-corrected chi connectivity index (χ0v) is 20.7. The number of aryl methyl sites for hydroxylation is 1. The van der Waals surface area contributed by atoms with Gasteiger partial charge in [0.05, 0.1) is 17.0 Å². The number of hydrogen-bond donors (Lipinski definition) is 3. The Bertz CT molecular complexity index is 1170. The van der Waals surface area contributed by atoms with E-state index < -0.39 is 24.2 Å². The molecular formula is C24H28F3N5O3S. The van der Waals surface area contributed by atoms with Crippen LogP contribution in [0, 0.1) is 6.92 Å². The molecule has 3 fully saturated rings. The van der Waals surface area contributed by atoms with Gasteiger partial charge in [0.2, 0.25) is 0 Å². The fraction of sp³-hybridized carbons (Fsp3) is 0.583. The Morgan fingerprint density at radius 3 is 2.42 bits per heavy atom. The highest BCUT2D eigenvalue weighted by Crippen LogP contribution is 2.41. The second kappa shape index (κ2) is 9.29. The van der Waals surface area contributed by atoms with Crippen molar-refractivity contribution in [1.82, 2.24) is 20.2 Å². The molecule has 0 unspecified atom stereocenters. The van der Waals surface area contributed by atoms with E-state index in [9.17, 15) is 27.9 Å². The smallest absolute Gasteiger partial charge is 0.391 e. The number of thiazole rings is 1. The first-order valence-electron chi connectivity index (χ1n) is 12.2. The topological polar surface area (TPSA) is 107 Å². The van der Waals surface area contributed by atoms with Crippen LogP contribution in [0.25, 0.3) is 10.4 Å². The molecule has 8 nitrogen and oxygen atoms in total. The summed E-state index contributed by atoms with van der Waals surface area (Å²) in [6.07, 6.45) is 0.548. The van der Waals surface area contributed by atoms with E-state index in [-0.39, 0.29) is 47.0 Å². The minimum absolute atomic E-state index is 0.0797. The van der Waals surface area contributed by atoms with Gasteiger partial charge in [-0.1, -0.05) is 6.92 Å². The summed E-state index contributed by atoms with van der Waals surface area (Å²) in [6, 6.07) is -0.218. The summed E-state index contributed by atoms with van der Waals surface area (Å²) in [6.45, 7) is 3.17. The number of rotatable bonds is 7. The van der Waals surface area contributed by atoms with Crippen LogP contribution in [-0.2, 0) is 0 Å². The number of fused-ring (bicyclic) bond motifs is 2. The Hall–Kier alpha value is -2.73. The lowest BCUT2D eigenvalue weighted by molar-refractivity contribution is -0.142. The number of carbonyl (C=O) groups is 2. The van der Waals surface area contributed by atoms with E-state index in [2.05, 4.69) is 20.6 Å². The molecule has 5 rings (SSSR count). The van der Waals surface area contributed by atoms with E-state index >= 15 is 0 Å². The van der Waals surface area contributed by atoms with Crippen molar-refractivity contribution in [2.24, 2.45) is 0 Å². The summed E-state index contributed by atoms with van der Waals surface area (Å²) in [4.78, 5) is 37.4. The van der Waals surface area contributed by atoms with Gasteiger partial charge in [0, 0.05) is 23.8 Å². The molecule has 0 radical (unpaired) electrons. The minimum Gasteiger partial charge on any atom is -0.391 e. The van der Waals surface area contributed by atoms with Gasteiger partial charge in [0.25, 0.3) is 11.8 Å². The van der Waals surface area contributed by atoms with Crippen molar-refractivity contribution in [2.75, 3.05) is 5.32 Å². The van der Waals surface area contributed by atoms with Gasteiger partial charge >= 0.3 is 6.18 Å². The average Bonchev–Trinajstić information content (AvgIpc) is 3.21. The predicted octanol–water partition coefficient (Wildman–Crippen LogP) is 3.90. The number of pyridine rings is 1. The quantitative estimate of drug-likeness (QED) is 0.508. The molecule has 0 aromatic carbocycles. The van der Waals surface area contributed by atoms with Crippen molar-refractivity contribution in [3.8, 4) is 10.4 Å². The average molecular weight is 524 g/mol. The maximum absolute atomic E-state index is 13.6. The highest BCUT2D eigenvalue weighted by atomic mass is 32.1. The Morgan fingerprint density at radius 2 is 1.89 bits per heavy atom. The fourth-order valence-electron chi connectivity index (χ4n) is 5.14. The molecule has 1 saturated carbocycles. The summed E-state index contributed by atoms with van der Waals surface area (Å²) in [7, 11) is 0. The number of aliphatic hydroxyl groups excluding tert-OH is 1. The van der Waals surface area contributed by atoms with E-state index in [0.29, 0.717) is 22.4 Å². The van der Waals surface area contributed by atoms with Crippen LogP contribution in [0.4, 0.5) is 19.0 Å². The van der Waals surface area contributed by atoms with Gasteiger partial charge < -0.3 is 20.6 Å². The molecule has 3 N–H and O–H groups in total. The Labute approximate surface area is 210 Å². The van der Waals surface area contributed by atoms with Gasteiger partial charge in [-0.2, -0.15) is 13.2 Å². The largest absolute Gasteiger partial charge is 0.408 e. The predicted molar refractivity (Wildman–Crippen MR) is 128 cm³/mol. The molecule has 2 aromatic heterocycles. The van der Waals surface area contributed by atoms with E-state index in [1.54, 1.807) is 6.92 Å². The fourth-order valence-corrected chi connectivity index (χ4v) is 6.18. The Balaban J connectivity index is 1.48. The van der Waals surface area contributed by atoms with Crippen LogP contribution < -0.4 is 10.6 Å². The molecule has 12 heteroatoms. The molecule has 0 spiro atoms. The molecule has 2 amide bonds. The first-order valence-corrected chi connectivity index (χ1v) is 13.0. The second-order valence-electron chi connectivity index (χ2n) is 9.79. The minimum atomic E-state index is -4.41. The lowest BCUT2D eigenvalue weighted by Crippen LogP contribution is -2.36. The van der Waals surface area contributed by atoms with Gasteiger partial charge in [0.1, 0.15) is 17.6 Å². The number of hydrogen-bond acceptors (Lipinski definition) is 7. The molecule has 2 saturated heterocycles. The molecule has 4 heterocycles. The standard InChI is InChI=1S/C24H28F3N5O3S/c1-3-17(24(25,26)27)30-18-8-11(2)14(10-28-18)20-19(23(35)32-12-4-5-13(32)7-6-12)31-22(36-20)21(34)29-15-9-16(15)33/h8,10,12-13,15-17,33H,3-7,9H2,1-2H3,(H,28,30)(H,29,34)/t12?,13?,15-,16-,17-/m0/s1. The third kappa shape index (κ3) is 4.68. The van der Waals surface area contributed by atoms with Crippen molar-refractivity contribution in [1.29, 1.82) is 0 Å². The summed E-state index contributed by atoms with van der Waals surface area (Å²) >= 11 is 1.05. The SMILES string of the molecule is CC[C@H](Nc1cc(C)c(-c2sc(C(=O)N[C@H]3C[C@@H]3O)nc2C(=O)N2C3CCC2CC3)cn1)C(F)(F)F. The van der Waals surface area contributed by atoms with Crippen molar-refractivity contribution in [3.05, 3.63) is 28.5 Å². The molecule has 2 bridgehead atoms. The summed E-state index contributed by atoms with van der Waals surface area (Å²) in [5.41, 5.74) is 1.31.